The molecule has 1 aliphatic rings. The lowest BCUT2D eigenvalue weighted by Gasteiger charge is -2.45. The maximum atomic E-state index is 12.4. The lowest BCUT2D eigenvalue weighted by molar-refractivity contribution is 0.0713. The second-order valence-corrected chi connectivity index (χ2v) is 8.84. The third-order valence-electron chi connectivity index (χ3n) is 3.98. The van der Waals surface area contributed by atoms with E-state index in [4.69, 9.17) is 0 Å². The lowest BCUT2D eigenvalue weighted by atomic mass is 9.63. The number of carbonyl (C=O) groups is 1. The number of amides is 1. The molecule has 110 valence electrons. The quantitative estimate of drug-likeness (QED) is 0.740. The summed E-state index contributed by atoms with van der Waals surface area (Å²) in [5.41, 5.74) is 1.35. The molecule has 0 saturated heterocycles. The molecule has 1 saturated carbocycles. The van der Waals surface area contributed by atoms with Crippen LogP contribution >= 0.6 is 22.6 Å². The minimum absolute atomic E-state index is 0.0574. The standard InChI is InChI=1S/C17H24INO/c1-16(2)9-14(10-17(3,4)11-16)19-15(20)12-6-5-7-13(18)8-12/h5-8,14H,9-11H2,1-4H3,(H,19,20). The van der Waals surface area contributed by atoms with Gasteiger partial charge in [-0.2, -0.15) is 0 Å². The highest BCUT2D eigenvalue weighted by molar-refractivity contribution is 14.1. The van der Waals surface area contributed by atoms with Crippen LogP contribution in [0.4, 0.5) is 0 Å². The third kappa shape index (κ3) is 4.21. The monoisotopic (exact) mass is 385 g/mol. The van der Waals surface area contributed by atoms with E-state index in [0.717, 1.165) is 22.0 Å². The van der Waals surface area contributed by atoms with E-state index in [-0.39, 0.29) is 11.9 Å². The Labute approximate surface area is 135 Å². The van der Waals surface area contributed by atoms with Crippen molar-refractivity contribution in [1.82, 2.24) is 5.32 Å². The molecule has 0 bridgehead atoms. The summed E-state index contributed by atoms with van der Waals surface area (Å²) in [4.78, 5) is 12.4. The normalized spacial score (nSPS) is 21.4. The molecule has 0 spiro atoms. The minimum atomic E-state index is 0.0574. The van der Waals surface area contributed by atoms with E-state index in [9.17, 15) is 4.79 Å². The smallest absolute Gasteiger partial charge is 0.251 e. The van der Waals surface area contributed by atoms with Crippen molar-refractivity contribution in [2.45, 2.75) is 53.0 Å². The first kappa shape index (κ1) is 15.8. The Kier molecular flexibility index (Phi) is 4.47. The highest BCUT2D eigenvalue weighted by Crippen LogP contribution is 2.45. The predicted octanol–water partition coefficient (Wildman–Crippen LogP) is 4.63. The van der Waals surface area contributed by atoms with Crippen molar-refractivity contribution in [2.75, 3.05) is 0 Å². The van der Waals surface area contributed by atoms with E-state index in [1.807, 2.05) is 24.3 Å². The van der Waals surface area contributed by atoms with Gasteiger partial charge in [-0.1, -0.05) is 33.8 Å². The summed E-state index contributed by atoms with van der Waals surface area (Å²) < 4.78 is 1.10. The molecule has 1 fully saturated rings. The van der Waals surface area contributed by atoms with Crippen molar-refractivity contribution < 1.29 is 4.79 Å². The summed E-state index contributed by atoms with van der Waals surface area (Å²) in [5.74, 6) is 0.0574. The fourth-order valence-corrected chi connectivity index (χ4v) is 4.39. The van der Waals surface area contributed by atoms with Crippen LogP contribution in [0.25, 0.3) is 0 Å². The highest BCUT2D eigenvalue weighted by Gasteiger charge is 2.38. The Hall–Kier alpha value is -0.580. The summed E-state index contributed by atoms with van der Waals surface area (Å²) in [6, 6.07) is 8.04. The number of halogens is 1. The van der Waals surface area contributed by atoms with Crippen molar-refractivity contribution in [3.05, 3.63) is 33.4 Å². The van der Waals surface area contributed by atoms with Crippen LogP contribution in [0, 0.1) is 14.4 Å². The van der Waals surface area contributed by atoms with Crippen LogP contribution in [0.2, 0.25) is 0 Å². The molecule has 2 nitrogen and oxygen atoms in total. The lowest BCUT2D eigenvalue weighted by Crippen LogP contribution is -2.46. The van der Waals surface area contributed by atoms with Crippen LogP contribution < -0.4 is 5.32 Å². The molecule has 1 amide bonds. The topological polar surface area (TPSA) is 29.1 Å². The van der Waals surface area contributed by atoms with Gasteiger partial charge in [0.25, 0.3) is 5.91 Å². The molecule has 0 aromatic heterocycles. The van der Waals surface area contributed by atoms with Gasteiger partial charge in [0.05, 0.1) is 0 Å². The van der Waals surface area contributed by atoms with Gasteiger partial charge >= 0.3 is 0 Å². The number of hydrogen-bond acceptors (Lipinski definition) is 1. The Morgan fingerprint density at radius 3 is 2.35 bits per heavy atom. The average molecular weight is 385 g/mol. The van der Waals surface area contributed by atoms with Gasteiger partial charge < -0.3 is 5.32 Å². The van der Waals surface area contributed by atoms with Gasteiger partial charge in [-0.05, 0) is 70.9 Å². The Morgan fingerprint density at radius 2 is 1.80 bits per heavy atom. The number of nitrogens with one attached hydrogen (secondary N) is 1. The van der Waals surface area contributed by atoms with Crippen molar-refractivity contribution in [1.29, 1.82) is 0 Å². The molecule has 2 rings (SSSR count). The molecular formula is C17H24INO. The third-order valence-corrected chi connectivity index (χ3v) is 4.65. The van der Waals surface area contributed by atoms with Crippen molar-refractivity contribution in [3.63, 3.8) is 0 Å². The molecule has 0 heterocycles. The first-order chi connectivity index (χ1) is 9.17. The van der Waals surface area contributed by atoms with Crippen molar-refractivity contribution >= 4 is 28.5 Å². The summed E-state index contributed by atoms with van der Waals surface area (Å²) >= 11 is 2.24. The zero-order chi connectivity index (χ0) is 15.0. The zero-order valence-corrected chi connectivity index (χ0v) is 15.0. The molecule has 1 aliphatic carbocycles. The first-order valence-electron chi connectivity index (χ1n) is 7.23. The van der Waals surface area contributed by atoms with Gasteiger partial charge in [0.15, 0.2) is 0 Å². The molecule has 20 heavy (non-hydrogen) atoms. The highest BCUT2D eigenvalue weighted by atomic mass is 127. The second-order valence-electron chi connectivity index (χ2n) is 7.59. The number of hydrogen-bond donors (Lipinski definition) is 1. The maximum absolute atomic E-state index is 12.4. The second kappa shape index (κ2) is 5.66. The SMILES string of the molecule is CC1(C)CC(NC(=O)c2cccc(I)c2)CC(C)(C)C1. The van der Waals surface area contributed by atoms with Gasteiger partial charge in [-0.3, -0.25) is 4.79 Å². The summed E-state index contributed by atoms with van der Waals surface area (Å²) in [7, 11) is 0. The summed E-state index contributed by atoms with van der Waals surface area (Å²) in [6.45, 7) is 9.22. The van der Waals surface area contributed by atoms with Crippen molar-refractivity contribution in [2.24, 2.45) is 10.8 Å². The molecule has 3 heteroatoms. The van der Waals surface area contributed by atoms with E-state index in [1.165, 1.54) is 6.42 Å². The van der Waals surface area contributed by atoms with Crippen LogP contribution in [0.15, 0.2) is 24.3 Å². The number of carbonyl (C=O) groups excluding carboxylic acids is 1. The maximum Gasteiger partial charge on any atom is 0.251 e. The van der Waals surface area contributed by atoms with Crippen LogP contribution in [0.1, 0.15) is 57.3 Å². The fourth-order valence-electron chi connectivity index (χ4n) is 3.85. The first-order valence-corrected chi connectivity index (χ1v) is 8.31. The Balaban J connectivity index is 2.08. The molecule has 0 unspecified atom stereocenters. The van der Waals surface area contributed by atoms with Crippen LogP contribution in [-0.2, 0) is 0 Å². The molecular weight excluding hydrogens is 361 g/mol. The zero-order valence-electron chi connectivity index (χ0n) is 12.8. The van der Waals surface area contributed by atoms with Gasteiger partial charge in [0.2, 0.25) is 0 Å². The Morgan fingerprint density at radius 1 is 1.20 bits per heavy atom. The van der Waals surface area contributed by atoms with E-state index in [2.05, 4.69) is 55.6 Å². The van der Waals surface area contributed by atoms with Gasteiger partial charge in [0, 0.05) is 15.2 Å². The molecule has 1 aromatic carbocycles. The van der Waals surface area contributed by atoms with E-state index >= 15 is 0 Å². The van der Waals surface area contributed by atoms with E-state index in [1.54, 1.807) is 0 Å². The van der Waals surface area contributed by atoms with Crippen molar-refractivity contribution in [3.8, 4) is 0 Å². The summed E-state index contributed by atoms with van der Waals surface area (Å²) in [6.07, 6.45) is 3.34. The molecule has 0 aliphatic heterocycles. The molecule has 0 atom stereocenters. The largest absolute Gasteiger partial charge is 0.349 e. The molecule has 0 radical (unpaired) electrons. The number of benzene rings is 1. The van der Waals surface area contributed by atoms with Crippen LogP contribution in [-0.4, -0.2) is 11.9 Å². The summed E-state index contributed by atoms with van der Waals surface area (Å²) in [5, 5.41) is 3.23. The minimum Gasteiger partial charge on any atom is -0.349 e. The van der Waals surface area contributed by atoms with Crippen LogP contribution in [0.3, 0.4) is 0 Å². The van der Waals surface area contributed by atoms with Gasteiger partial charge in [-0.15, -0.1) is 0 Å². The van der Waals surface area contributed by atoms with E-state index in [0.29, 0.717) is 10.8 Å². The number of rotatable bonds is 2. The Bertz CT molecular complexity index is 491. The average Bonchev–Trinajstić information content (AvgIpc) is 2.24. The van der Waals surface area contributed by atoms with Gasteiger partial charge in [0.1, 0.15) is 0 Å². The fraction of sp³-hybridized carbons (Fsp3) is 0.588. The van der Waals surface area contributed by atoms with E-state index < -0.39 is 0 Å². The van der Waals surface area contributed by atoms with Gasteiger partial charge in [-0.25, -0.2) is 0 Å². The molecule has 1 aromatic rings. The van der Waals surface area contributed by atoms with Crippen LogP contribution in [0.5, 0.6) is 0 Å². The predicted molar refractivity (Wildman–Crippen MR) is 91.8 cm³/mol. The molecule has 1 N–H and O–H groups in total.